The van der Waals surface area contributed by atoms with Crippen LogP contribution in [0.25, 0.3) is 0 Å². The Morgan fingerprint density at radius 2 is 1.50 bits per heavy atom. The van der Waals surface area contributed by atoms with Gasteiger partial charge < -0.3 is 9.47 Å². The predicted octanol–water partition coefficient (Wildman–Crippen LogP) is 2.02. The summed E-state index contributed by atoms with van der Waals surface area (Å²) in [5, 5.41) is 0. The Morgan fingerprint density at radius 1 is 1.00 bits per heavy atom. The van der Waals surface area contributed by atoms with Gasteiger partial charge in [0.25, 0.3) is 0 Å². The highest BCUT2D eigenvalue weighted by Gasteiger charge is 2.12. The van der Waals surface area contributed by atoms with Crippen LogP contribution in [0.1, 0.15) is 16.8 Å². The molecule has 1 aromatic rings. The normalized spacial score (nSPS) is 10.5. The van der Waals surface area contributed by atoms with Crippen molar-refractivity contribution < 1.29 is 0 Å². The second-order valence-corrected chi connectivity index (χ2v) is 3.61. The molecule has 0 radical (unpaired) electrons. The van der Waals surface area contributed by atoms with Gasteiger partial charge in [0.2, 0.25) is 0 Å². The van der Waals surface area contributed by atoms with Crippen LogP contribution in [0.3, 0.4) is 0 Å². The van der Waals surface area contributed by atoms with Gasteiger partial charge in [0, 0.05) is 26.8 Å². The summed E-state index contributed by atoms with van der Waals surface area (Å²) >= 11 is 0. The third-order valence-corrected chi connectivity index (χ3v) is 2.69. The van der Waals surface area contributed by atoms with Gasteiger partial charge in [-0.15, -0.1) is 0 Å². The summed E-state index contributed by atoms with van der Waals surface area (Å²) in [5.41, 5.74) is 4.15. The standard InChI is InChI=1S/C10H18N2/c1-7-8(2)10(11(4)5)12(6)9(7)3/h1-6H3. The topological polar surface area (TPSA) is 8.17 Å². The highest BCUT2D eigenvalue weighted by molar-refractivity contribution is 5.54. The lowest BCUT2D eigenvalue weighted by Gasteiger charge is -2.15. The largest absolute Gasteiger partial charge is 0.364 e. The molecule has 0 saturated heterocycles. The average Bonchev–Trinajstić information content (AvgIpc) is 2.16. The summed E-state index contributed by atoms with van der Waals surface area (Å²) in [6.45, 7) is 6.52. The van der Waals surface area contributed by atoms with Crippen LogP contribution >= 0.6 is 0 Å². The molecule has 0 amide bonds. The Hall–Kier alpha value is -0.920. The fourth-order valence-electron chi connectivity index (χ4n) is 1.74. The van der Waals surface area contributed by atoms with Crippen LogP contribution < -0.4 is 4.90 Å². The maximum absolute atomic E-state index is 2.24. The molecule has 0 aliphatic carbocycles. The maximum atomic E-state index is 2.24. The Morgan fingerprint density at radius 3 is 1.67 bits per heavy atom. The summed E-state index contributed by atoms with van der Waals surface area (Å²) in [5.74, 6) is 1.31. The highest BCUT2D eigenvalue weighted by atomic mass is 15.2. The zero-order chi connectivity index (χ0) is 9.46. The fourth-order valence-corrected chi connectivity index (χ4v) is 1.74. The van der Waals surface area contributed by atoms with Crippen molar-refractivity contribution in [2.75, 3.05) is 19.0 Å². The van der Waals surface area contributed by atoms with Crippen molar-refractivity contribution in [2.24, 2.45) is 7.05 Å². The lowest BCUT2D eigenvalue weighted by atomic mass is 10.2. The molecule has 1 heterocycles. The van der Waals surface area contributed by atoms with Crippen LogP contribution in [0, 0.1) is 20.8 Å². The second kappa shape index (κ2) is 2.85. The number of hydrogen-bond donors (Lipinski definition) is 0. The molecule has 0 aliphatic heterocycles. The molecule has 0 saturated carbocycles. The molecule has 0 N–H and O–H groups in total. The minimum absolute atomic E-state index is 1.31. The van der Waals surface area contributed by atoms with E-state index in [1.165, 1.54) is 22.6 Å². The van der Waals surface area contributed by atoms with Crippen LogP contribution in [0.2, 0.25) is 0 Å². The van der Waals surface area contributed by atoms with Crippen molar-refractivity contribution in [1.29, 1.82) is 0 Å². The minimum Gasteiger partial charge on any atom is -0.364 e. The number of hydrogen-bond acceptors (Lipinski definition) is 1. The average molecular weight is 166 g/mol. The molecule has 0 spiro atoms. The van der Waals surface area contributed by atoms with Crippen molar-refractivity contribution in [3.05, 3.63) is 16.8 Å². The Labute approximate surface area is 74.8 Å². The second-order valence-electron chi connectivity index (χ2n) is 3.61. The molecular weight excluding hydrogens is 148 g/mol. The van der Waals surface area contributed by atoms with E-state index in [0.29, 0.717) is 0 Å². The Balaban J connectivity index is 3.38. The molecule has 0 aliphatic rings. The molecule has 68 valence electrons. The van der Waals surface area contributed by atoms with Gasteiger partial charge in [-0.25, -0.2) is 0 Å². The molecule has 12 heavy (non-hydrogen) atoms. The third kappa shape index (κ3) is 1.11. The quantitative estimate of drug-likeness (QED) is 0.619. The zero-order valence-electron chi connectivity index (χ0n) is 8.89. The van der Waals surface area contributed by atoms with E-state index >= 15 is 0 Å². The van der Waals surface area contributed by atoms with Crippen molar-refractivity contribution in [3.63, 3.8) is 0 Å². The summed E-state index contributed by atoms with van der Waals surface area (Å²) in [6.07, 6.45) is 0. The third-order valence-electron chi connectivity index (χ3n) is 2.69. The molecule has 0 fully saturated rings. The molecule has 0 unspecified atom stereocenters. The van der Waals surface area contributed by atoms with E-state index in [4.69, 9.17) is 0 Å². The summed E-state index contributed by atoms with van der Waals surface area (Å²) in [4.78, 5) is 2.16. The van der Waals surface area contributed by atoms with Gasteiger partial charge in [-0.1, -0.05) is 0 Å². The van der Waals surface area contributed by atoms with Crippen molar-refractivity contribution in [2.45, 2.75) is 20.8 Å². The minimum atomic E-state index is 1.31. The first-order valence-electron chi connectivity index (χ1n) is 4.26. The maximum Gasteiger partial charge on any atom is 0.111 e. The van der Waals surface area contributed by atoms with E-state index in [1.807, 2.05) is 0 Å². The fraction of sp³-hybridized carbons (Fsp3) is 0.600. The number of aromatic nitrogens is 1. The molecule has 1 aromatic heterocycles. The van der Waals surface area contributed by atoms with Crippen LogP contribution in [-0.4, -0.2) is 18.7 Å². The predicted molar refractivity (Wildman–Crippen MR) is 54.0 cm³/mol. The number of rotatable bonds is 1. The highest BCUT2D eigenvalue weighted by Crippen LogP contribution is 2.25. The molecule has 2 heteroatoms. The van der Waals surface area contributed by atoms with Gasteiger partial charge in [-0.2, -0.15) is 0 Å². The van der Waals surface area contributed by atoms with Gasteiger partial charge >= 0.3 is 0 Å². The van der Waals surface area contributed by atoms with Crippen molar-refractivity contribution >= 4 is 5.82 Å². The van der Waals surface area contributed by atoms with Gasteiger partial charge in [-0.3, -0.25) is 0 Å². The van der Waals surface area contributed by atoms with Gasteiger partial charge in [0.05, 0.1) is 0 Å². The monoisotopic (exact) mass is 166 g/mol. The van der Waals surface area contributed by atoms with Crippen molar-refractivity contribution in [3.8, 4) is 0 Å². The molecule has 0 atom stereocenters. The lowest BCUT2D eigenvalue weighted by Crippen LogP contribution is -2.14. The van der Waals surface area contributed by atoms with Gasteiger partial charge in [0.15, 0.2) is 0 Å². The smallest absolute Gasteiger partial charge is 0.111 e. The molecular formula is C10H18N2. The van der Waals surface area contributed by atoms with Crippen LogP contribution in [-0.2, 0) is 7.05 Å². The Kier molecular flexibility index (Phi) is 2.18. The van der Waals surface area contributed by atoms with Crippen LogP contribution in [0.4, 0.5) is 5.82 Å². The van der Waals surface area contributed by atoms with Crippen molar-refractivity contribution in [1.82, 2.24) is 4.57 Å². The van der Waals surface area contributed by atoms with E-state index in [2.05, 4.69) is 51.4 Å². The lowest BCUT2D eigenvalue weighted by molar-refractivity contribution is 0.847. The first-order chi connectivity index (χ1) is 5.46. The van der Waals surface area contributed by atoms with E-state index in [-0.39, 0.29) is 0 Å². The van der Waals surface area contributed by atoms with Crippen LogP contribution in [0.15, 0.2) is 0 Å². The summed E-state index contributed by atoms with van der Waals surface area (Å²) in [6, 6.07) is 0. The van der Waals surface area contributed by atoms with Gasteiger partial charge in [0.1, 0.15) is 5.82 Å². The Bertz CT molecular complexity index is 270. The summed E-state index contributed by atoms with van der Waals surface area (Å²) < 4.78 is 2.24. The van der Waals surface area contributed by atoms with E-state index < -0.39 is 0 Å². The van der Waals surface area contributed by atoms with E-state index in [0.717, 1.165) is 0 Å². The number of nitrogens with zero attached hydrogens (tertiary/aromatic N) is 2. The number of anilines is 1. The molecule has 1 rings (SSSR count). The molecule has 0 bridgehead atoms. The van der Waals surface area contributed by atoms with E-state index in [1.54, 1.807) is 0 Å². The first kappa shape index (κ1) is 9.17. The zero-order valence-corrected chi connectivity index (χ0v) is 8.89. The summed E-state index contributed by atoms with van der Waals surface area (Å²) in [7, 11) is 6.28. The van der Waals surface area contributed by atoms with Crippen LogP contribution in [0.5, 0.6) is 0 Å². The van der Waals surface area contributed by atoms with Gasteiger partial charge in [-0.05, 0) is 31.9 Å². The first-order valence-corrected chi connectivity index (χ1v) is 4.26. The van der Waals surface area contributed by atoms with E-state index in [9.17, 15) is 0 Å². The molecule has 0 aromatic carbocycles. The molecule has 2 nitrogen and oxygen atoms in total. The SMILES string of the molecule is Cc1c(C)c(N(C)C)n(C)c1C.